The molecule has 1 N–H and O–H groups in total. The van der Waals surface area contributed by atoms with Gasteiger partial charge in [0.15, 0.2) is 11.2 Å². The highest BCUT2D eigenvalue weighted by molar-refractivity contribution is 7.81. The van der Waals surface area contributed by atoms with E-state index >= 15 is 0 Å². The van der Waals surface area contributed by atoms with E-state index in [-0.39, 0.29) is 17.9 Å². The fraction of sp³-hybridized carbons (Fsp3) is 0.568. The Balaban J connectivity index is 0.000000723. The Bertz CT molecular complexity index is 1430. The van der Waals surface area contributed by atoms with Gasteiger partial charge in [0, 0.05) is 65.8 Å². The third-order valence-corrected chi connectivity index (χ3v) is 10.5. The van der Waals surface area contributed by atoms with Crippen LogP contribution in [0.4, 0.5) is 10.1 Å². The number of nitrogens with one attached hydrogen (secondary N) is 1. The fourth-order valence-electron chi connectivity index (χ4n) is 6.31. The number of alkyl halides is 1. The second-order valence-electron chi connectivity index (χ2n) is 13.0. The lowest BCUT2D eigenvalue weighted by Gasteiger charge is -2.43. The summed E-state index contributed by atoms with van der Waals surface area (Å²) in [6.45, 7) is 8.29. The van der Waals surface area contributed by atoms with Crippen LogP contribution in [0.25, 0.3) is 0 Å². The topological polar surface area (TPSA) is 91.4 Å². The lowest BCUT2D eigenvalue weighted by molar-refractivity contribution is -0.127. The molecule has 12 heteroatoms. The highest BCUT2D eigenvalue weighted by Crippen LogP contribution is 2.43. The first-order chi connectivity index (χ1) is 23.4. The average molecular weight is 721 g/mol. The minimum absolute atomic E-state index is 0.0273. The van der Waals surface area contributed by atoms with E-state index in [4.69, 9.17) is 21.1 Å². The van der Waals surface area contributed by atoms with Gasteiger partial charge in [-0.05, 0) is 85.4 Å². The highest BCUT2D eigenvalue weighted by Gasteiger charge is 2.38. The van der Waals surface area contributed by atoms with Crippen LogP contribution in [0.1, 0.15) is 75.2 Å². The first-order valence-corrected chi connectivity index (χ1v) is 18.5. The van der Waals surface area contributed by atoms with Gasteiger partial charge in [-0.3, -0.25) is 14.3 Å². The number of nitrogens with zero attached hydrogens (tertiary/aromatic N) is 3. The summed E-state index contributed by atoms with van der Waals surface area (Å²) >= 11 is 5.03. The fourth-order valence-corrected chi connectivity index (χ4v) is 6.80. The maximum Gasteiger partial charge on any atom is 0.219 e. The van der Waals surface area contributed by atoms with Crippen LogP contribution in [-0.2, 0) is 31.9 Å². The zero-order valence-corrected chi connectivity index (χ0v) is 31.6. The van der Waals surface area contributed by atoms with Crippen LogP contribution in [0.3, 0.4) is 0 Å². The minimum Gasteiger partial charge on any atom is -0.491 e. The Kier molecular flexibility index (Phi) is 16.5. The van der Waals surface area contributed by atoms with Gasteiger partial charge >= 0.3 is 0 Å². The summed E-state index contributed by atoms with van der Waals surface area (Å²) in [5.41, 5.74) is 4.21. The predicted octanol–water partition coefficient (Wildman–Crippen LogP) is 6.64. The quantitative estimate of drug-likeness (QED) is 0.164. The van der Waals surface area contributed by atoms with Crippen molar-refractivity contribution in [2.75, 3.05) is 59.4 Å². The average Bonchev–Trinajstić information content (AvgIpc) is 3.23. The number of rotatable bonds is 15. The van der Waals surface area contributed by atoms with Crippen LogP contribution in [-0.4, -0.2) is 86.3 Å². The third-order valence-electron chi connectivity index (χ3n) is 9.33. The van der Waals surface area contributed by atoms with E-state index in [1.54, 1.807) is 40.0 Å². The van der Waals surface area contributed by atoms with Gasteiger partial charge in [0.1, 0.15) is 11.9 Å². The summed E-state index contributed by atoms with van der Waals surface area (Å²) in [4.78, 5) is 25.3. The molecule has 4 rings (SSSR count). The highest BCUT2D eigenvalue weighted by atomic mass is 35.5. The molecule has 0 aromatic heterocycles. The number of hydrogen-bond donors (Lipinski definition) is 1. The number of ether oxygens (including phenoxy) is 2. The number of aryl methyl sites for hydroxylation is 1. The first-order valence-electron chi connectivity index (χ1n) is 17.0. The molecule has 9 nitrogen and oxygen atoms in total. The van der Waals surface area contributed by atoms with Gasteiger partial charge in [0.2, 0.25) is 12.3 Å². The zero-order chi connectivity index (χ0) is 36.1. The van der Waals surface area contributed by atoms with Gasteiger partial charge < -0.3 is 19.3 Å². The van der Waals surface area contributed by atoms with Gasteiger partial charge in [0.25, 0.3) is 0 Å². The van der Waals surface area contributed by atoms with Crippen molar-refractivity contribution in [3.63, 3.8) is 0 Å². The van der Waals surface area contributed by atoms with Gasteiger partial charge in [-0.25, -0.2) is 12.9 Å². The van der Waals surface area contributed by atoms with Crippen LogP contribution < -0.4 is 14.4 Å². The molecule has 1 aliphatic carbocycles. The van der Waals surface area contributed by atoms with Crippen LogP contribution >= 0.6 is 11.6 Å². The molecule has 0 saturated heterocycles. The number of amides is 2. The Hall–Kier alpha value is -2.99. The van der Waals surface area contributed by atoms with E-state index < -0.39 is 17.3 Å². The molecule has 2 aromatic carbocycles. The third kappa shape index (κ3) is 11.8. The first kappa shape index (κ1) is 40.4. The Labute approximate surface area is 299 Å². The van der Waals surface area contributed by atoms with Gasteiger partial charge in [-0.1, -0.05) is 49.2 Å². The van der Waals surface area contributed by atoms with Crippen molar-refractivity contribution in [2.45, 2.75) is 71.1 Å². The van der Waals surface area contributed by atoms with Crippen LogP contribution in [0.2, 0.25) is 5.02 Å². The minimum atomic E-state index is -1.36. The molecule has 6 atom stereocenters. The second-order valence-corrected chi connectivity index (χ2v) is 14.9. The SMILES string of the molecule is CCCc1cc(Cl)ccc1C1COc2ccc(C(C)F)cc2N(CC2CCC2C(/C=C/CCN(C)C(C)=O)OC)C1.CN(C)S(=O)NC=O. The lowest BCUT2D eigenvalue weighted by atomic mass is 9.70. The molecule has 1 aliphatic heterocycles. The number of anilines is 1. The number of benzene rings is 2. The van der Waals surface area contributed by atoms with Crippen molar-refractivity contribution in [1.29, 1.82) is 0 Å². The molecular formula is C37H54ClFN4O5S. The van der Waals surface area contributed by atoms with Crippen LogP contribution in [0, 0.1) is 11.8 Å². The Morgan fingerprint density at radius 3 is 2.55 bits per heavy atom. The number of carbonyl (C=O) groups excluding carboxylic acids is 2. The van der Waals surface area contributed by atoms with Gasteiger partial charge in [-0.15, -0.1) is 0 Å². The maximum atomic E-state index is 14.4. The van der Waals surface area contributed by atoms with Crippen molar-refractivity contribution in [3.05, 3.63) is 70.3 Å². The molecule has 1 heterocycles. The molecule has 1 saturated carbocycles. The number of hydrogen-bond acceptors (Lipinski definition) is 6. The maximum absolute atomic E-state index is 14.4. The summed E-state index contributed by atoms with van der Waals surface area (Å²) in [5, 5.41) is 0.761. The van der Waals surface area contributed by atoms with E-state index in [1.165, 1.54) is 15.4 Å². The normalized spacial score (nSPS) is 20.5. The molecule has 49 heavy (non-hydrogen) atoms. The largest absolute Gasteiger partial charge is 0.491 e. The van der Waals surface area contributed by atoms with E-state index in [0.29, 0.717) is 37.0 Å². The van der Waals surface area contributed by atoms with E-state index in [1.807, 2.05) is 31.3 Å². The van der Waals surface area contributed by atoms with Crippen molar-refractivity contribution >= 4 is 40.8 Å². The Morgan fingerprint density at radius 2 is 1.98 bits per heavy atom. The van der Waals surface area contributed by atoms with Gasteiger partial charge in [-0.2, -0.15) is 0 Å². The summed E-state index contributed by atoms with van der Waals surface area (Å²) in [5.74, 6) is 1.91. The van der Waals surface area contributed by atoms with Crippen LogP contribution in [0.15, 0.2) is 48.6 Å². The molecule has 2 aliphatic rings. The summed E-state index contributed by atoms with van der Waals surface area (Å²) in [7, 11) is 6.81. The number of fused-ring (bicyclic) bond motifs is 1. The smallest absolute Gasteiger partial charge is 0.219 e. The van der Waals surface area contributed by atoms with Crippen molar-refractivity contribution in [1.82, 2.24) is 13.9 Å². The molecule has 1 fully saturated rings. The summed E-state index contributed by atoms with van der Waals surface area (Å²) in [6.07, 6.45) is 8.74. The van der Waals surface area contributed by atoms with Crippen molar-refractivity contribution < 1.29 is 27.7 Å². The number of halogens is 2. The lowest BCUT2D eigenvalue weighted by Crippen LogP contribution is -2.44. The predicted molar refractivity (Wildman–Crippen MR) is 197 cm³/mol. The second kappa shape index (κ2) is 20.0. The molecular weight excluding hydrogens is 667 g/mol. The van der Waals surface area contributed by atoms with Crippen molar-refractivity contribution in [3.8, 4) is 5.75 Å². The zero-order valence-electron chi connectivity index (χ0n) is 30.0. The molecule has 2 amide bonds. The molecule has 0 radical (unpaired) electrons. The monoisotopic (exact) mass is 720 g/mol. The van der Waals surface area contributed by atoms with E-state index in [9.17, 15) is 18.2 Å². The molecule has 0 spiro atoms. The Morgan fingerprint density at radius 1 is 1.22 bits per heavy atom. The van der Waals surface area contributed by atoms with Gasteiger partial charge in [0.05, 0.1) is 18.4 Å². The van der Waals surface area contributed by atoms with E-state index in [0.717, 1.165) is 61.7 Å². The number of methoxy groups -OCH3 is 1. The molecule has 0 bridgehead atoms. The molecule has 2 aromatic rings. The number of carbonyl (C=O) groups is 2. The van der Waals surface area contributed by atoms with E-state index in [2.05, 4.69) is 40.8 Å². The standard InChI is InChI=1S/C34H46ClFN2O3.C3H8N2O2S/c1-6-9-26-18-29(35)13-15-30(26)28-21-38(32-19-25(23(2)36)12-16-34(32)41-22-28)20-27-11-14-31(27)33(40-5)10-7-8-17-37(4)24(3)39;1-5(2)8(7)4-3-6/h7,10,12-13,15-16,18-19,23,27-28,31,33H,6,8-9,11,14,17,20-22H2,1-5H3;3H,1-2H3,(H,4,6)/b10-7+;. The summed E-state index contributed by atoms with van der Waals surface area (Å²) < 4.78 is 40.7. The summed E-state index contributed by atoms with van der Waals surface area (Å²) in [6, 6.07) is 12.0. The molecule has 6 unspecified atom stereocenters. The van der Waals surface area contributed by atoms with Crippen LogP contribution in [0.5, 0.6) is 5.75 Å². The van der Waals surface area contributed by atoms with Crippen molar-refractivity contribution in [2.24, 2.45) is 11.8 Å². The molecule has 272 valence electrons.